The second-order valence-electron chi connectivity index (χ2n) is 2.74. The fourth-order valence-electron chi connectivity index (χ4n) is 0.981. The molecule has 0 aliphatic carbocycles. The van der Waals surface area contributed by atoms with Gasteiger partial charge in [-0.05, 0) is 22.0 Å². The molecule has 1 aromatic heterocycles. The van der Waals surface area contributed by atoms with E-state index in [4.69, 9.17) is 10.5 Å². The van der Waals surface area contributed by atoms with Gasteiger partial charge in [-0.1, -0.05) is 0 Å². The van der Waals surface area contributed by atoms with E-state index in [9.17, 15) is 0 Å². The first kappa shape index (κ1) is 11.7. The van der Waals surface area contributed by atoms with E-state index in [-0.39, 0.29) is 0 Å². The highest BCUT2D eigenvalue weighted by Gasteiger charge is 2.02. The largest absolute Gasteiger partial charge is 0.481 e. The molecule has 0 radical (unpaired) electrons. The highest BCUT2D eigenvalue weighted by molar-refractivity contribution is 9.12. The number of pyridine rings is 1. The van der Waals surface area contributed by atoms with Crippen LogP contribution in [0.25, 0.3) is 5.70 Å². The van der Waals surface area contributed by atoms with E-state index < -0.39 is 0 Å². The van der Waals surface area contributed by atoms with Crippen molar-refractivity contribution in [1.82, 2.24) is 4.98 Å². The minimum absolute atomic E-state index is 0.562. The summed E-state index contributed by atoms with van der Waals surface area (Å²) in [5, 5.41) is 0. The fraction of sp³-hybridized carbons (Fsp3) is 0.200. The summed E-state index contributed by atoms with van der Waals surface area (Å²) in [5.74, 6) is 0.562. The molecule has 1 heterocycles. The first-order valence-corrected chi connectivity index (χ1v) is 5.06. The number of nitrogens with zero attached hydrogens (tertiary/aromatic N) is 2. The van der Waals surface area contributed by atoms with E-state index in [0.717, 1.165) is 10.0 Å². The summed E-state index contributed by atoms with van der Waals surface area (Å²) in [6.45, 7) is 0. The third-order valence-corrected chi connectivity index (χ3v) is 2.39. The topological polar surface area (TPSA) is 60.5 Å². The number of aromatic nitrogens is 1. The highest BCUT2D eigenvalue weighted by Crippen LogP contribution is 2.17. The molecule has 0 spiro atoms. The van der Waals surface area contributed by atoms with Gasteiger partial charge in [0, 0.05) is 31.1 Å². The Labute approximate surface area is 97.0 Å². The fourth-order valence-corrected chi connectivity index (χ4v) is 1.41. The van der Waals surface area contributed by atoms with E-state index in [1.807, 2.05) is 6.07 Å². The third-order valence-electron chi connectivity index (χ3n) is 1.76. The molecule has 0 aromatic carbocycles. The quantitative estimate of drug-likeness (QED) is 0.852. The summed E-state index contributed by atoms with van der Waals surface area (Å²) in [6, 6.07) is 3.59. The summed E-state index contributed by atoms with van der Waals surface area (Å²) >= 11 is 3.32. The van der Waals surface area contributed by atoms with Crippen molar-refractivity contribution in [2.75, 3.05) is 14.2 Å². The minimum Gasteiger partial charge on any atom is -0.481 e. The Balaban J connectivity index is 3.01. The number of aliphatic imine (C=N–C) groups is 1. The molecule has 0 atom stereocenters. The molecule has 0 saturated heterocycles. The molecule has 0 amide bonds. The number of methoxy groups -OCH3 is 1. The van der Waals surface area contributed by atoms with Gasteiger partial charge in [-0.3, -0.25) is 4.99 Å². The molecular weight excluding hydrogens is 258 g/mol. The zero-order chi connectivity index (χ0) is 11.3. The number of ether oxygens (including phenoxy) is 1. The Morgan fingerprint density at radius 1 is 1.60 bits per heavy atom. The smallest absolute Gasteiger partial charge is 0.212 e. The number of rotatable bonds is 3. The van der Waals surface area contributed by atoms with Crippen LogP contribution in [0.3, 0.4) is 0 Å². The van der Waals surface area contributed by atoms with Crippen LogP contribution in [0.5, 0.6) is 5.88 Å². The van der Waals surface area contributed by atoms with Crippen LogP contribution in [0.1, 0.15) is 5.56 Å². The summed E-state index contributed by atoms with van der Waals surface area (Å²) in [4.78, 5) is 7.92. The number of nitrogens with two attached hydrogens (primary N) is 1. The normalized spacial score (nSPS) is 12.7. The summed E-state index contributed by atoms with van der Waals surface area (Å²) < 4.78 is 5.68. The molecule has 5 heteroatoms. The number of halogens is 1. The van der Waals surface area contributed by atoms with Crippen molar-refractivity contribution in [1.29, 1.82) is 0 Å². The monoisotopic (exact) mass is 269 g/mol. The Kier molecular flexibility index (Phi) is 4.30. The number of hydrogen-bond acceptors (Lipinski definition) is 4. The van der Waals surface area contributed by atoms with Gasteiger partial charge in [-0.15, -0.1) is 0 Å². The van der Waals surface area contributed by atoms with Crippen molar-refractivity contribution < 1.29 is 4.74 Å². The zero-order valence-corrected chi connectivity index (χ0v) is 10.2. The molecule has 0 aliphatic rings. The SMILES string of the molecule is CN=CC(Br)=C(N)c1ccc(OC)nc1. The van der Waals surface area contributed by atoms with Crippen LogP contribution in [0.4, 0.5) is 0 Å². The average Bonchev–Trinajstić information content (AvgIpc) is 2.28. The van der Waals surface area contributed by atoms with E-state index in [1.54, 1.807) is 32.6 Å². The maximum Gasteiger partial charge on any atom is 0.212 e. The van der Waals surface area contributed by atoms with Crippen LogP contribution in [0.2, 0.25) is 0 Å². The minimum atomic E-state index is 0.562. The van der Waals surface area contributed by atoms with E-state index in [0.29, 0.717) is 11.6 Å². The lowest BCUT2D eigenvalue weighted by molar-refractivity contribution is 0.398. The molecule has 0 bridgehead atoms. The van der Waals surface area contributed by atoms with Crippen molar-refractivity contribution >= 4 is 27.8 Å². The first-order chi connectivity index (χ1) is 7.19. The molecule has 0 saturated carbocycles. The second-order valence-corrected chi connectivity index (χ2v) is 3.59. The Morgan fingerprint density at radius 3 is 2.80 bits per heavy atom. The van der Waals surface area contributed by atoms with Gasteiger partial charge in [0.1, 0.15) is 0 Å². The standard InChI is InChI=1S/C10H12BrN3O/c1-13-6-8(11)10(12)7-3-4-9(15-2)14-5-7/h3-6H,12H2,1-2H3. The lowest BCUT2D eigenvalue weighted by atomic mass is 10.2. The van der Waals surface area contributed by atoms with Crippen LogP contribution < -0.4 is 10.5 Å². The van der Waals surface area contributed by atoms with E-state index >= 15 is 0 Å². The second kappa shape index (κ2) is 5.50. The van der Waals surface area contributed by atoms with Gasteiger partial charge in [0.15, 0.2) is 0 Å². The summed E-state index contributed by atoms with van der Waals surface area (Å²) in [5.41, 5.74) is 7.29. The van der Waals surface area contributed by atoms with Crippen LogP contribution in [-0.2, 0) is 0 Å². The maximum absolute atomic E-state index is 5.88. The van der Waals surface area contributed by atoms with E-state index in [2.05, 4.69) is 25.9 Å². The molecule has 4 nitrogen and oxygen atoms in total. The van der Waals surface area contributed by atoms with Gasteiger partial charge in [0.25, 0.3) is 0 Å². The average molecular weight is 270 g/mol. The Hall–Kier alpha value is -1.36. The predicted molar refractivity (Wildman–Crippen MR) is 65.2 cm³/mol. The van der Waals surface area contributed by atoms with E-state index in [1.165, 1.54) is 0 Å². The molecule has 1 rings (SSSR count). The van der Waals surface area contributed by atoms with Gasteiger partial charge < -0.3 is 10.5 Å². The van der Waals surface area contributed by atoms with Crippen molar-refractivity contribution in [2.45, 2.75) is 0 Å². The molecule has 0 aliphatic heterocycles. The molecule has 1 aromatic rings. The predicted octanol–water partition coefficient (Wildman–Crippen LogP) is 1.81. The summed E-state index contributed by atoms with van der Waals surface area (Å²) in [7, 11) is 3.25. The number of hydrogen-bond donors (Lipinski definition) is 1. The highest BCUT2D eigenvalue weighted by atomic mass is 79.9. The van der Waals surface area contributed by atoms with Crippen LogP contribution >= 0.6 is 15.9 Å². The van der Waals surface area contributed by atoms with Crippen molar-refractivity contribution in [3.8, 4) is 5.88 Å². The van der Waals surface area contributed by atoms with Crippen LogP contribution in [0, 0.1) is 0 Å². The van der Waals surface area contributed by atoms with Gasteiger partial charge in [0.2, 0.25) is 5.88 Å². The van der Waals surface area contributed by atoms with Crippen LogP contribution in [-0.4, -0.2) is 25.4 Å². The third kappa shape index (κ3) is 3.06. The van der Waals surface area contributed by atoms with Crippen molar-refractivity contribution in [2.24, 2.45) is 10.7 Å². The van der Waals surface area contributed by atoms with Gasteiger partial charge in [-0.2, -0.15) is 0 Å². The van der Waals surface area contributed by atoms with Gasteiger partial charge >= 0.3 is 0 Å². The maximum atomic E-state index is 5.88. The molecule has 0 fully saturated rings. The molecular formula is C10H12BrN3O. The Bertz CT molecular complexity index is 384. The summed E-state index contributed by atoms with van der Waals surface area (Å²) in [6.07, 6.45) is 3.29. The van der Waals surface area contributed by atoms with Crippen molar-refractivity contribution in [3.63, 3.8) is 0 Å². The zero-order valence-electron chi connectivity index (χ0n) is 8.57. The first-order valence-electron chi connectivity index (χ1n) is 4.27. The molecule has 2 N–H and O–H groups in total. The van der Waals surface area contributed by atoms with Crippen LogP contribution in [0.15, 0.2) is 27.8 Å². The molecule has 15 heavy (non-hydrogen) atoms. The lowest BCUT2D eigenvalue weighted by Crippen LogP contribution is -2.00. The number of allylic oxidation sites excluding steroid dienone is 1. The van der Waals surface area contributed by atoms with Gasteiger partial charge in [0.05, 0.1) is 17.3 Å². The van der Waals surface area contributed by atoms with Crippen molar-refractivity contribution in [3.05, 3.63) is 28.4 Å². The molecule has 80 valence electrons. The molecule has 0 unspecified atom stereocenters. The van der Waals surface area contributed by atoms with Gasteiger partial charge in [-0.25, -0.2) is 4.98 Å². The lowest BCUT2D eigenvalue weighted by Gasteiger charge is -2.03. The Morgan fingerprint density at radius 2 is 2.33 bits per heavy atom.